The molecule has 0 unspecified atom stereocenters. The zero-order chi connectivity index (χ0) is 24.9. The smallest absolute Gasteiger partial charge is 0.311 e. The van der Waals surface area contributed by atoms with Crippen molar-refractivity contribution in [2.24, 2.45) is 5.92 Å². The fourth-order valence-electron chi connectivity index (χ4n) is 4.11. The molecule has 0 spiro atoms. The molecule has 1 aliphatic heterocycles. The first kappa shape index (κ1) is 23.5. The first-order valence-corrected chi connectivity index (χ1v) is 12.4. The number of thiophene rings is 1. The fourth-order valence-corrected chi connectivity index (χ4v) is 4.76. The van der Waals surface area contributed by atoms with Crippen molar-refractivity contribution in [2.75, 3.05) is 18.1 Å². The first-order chi connectivity index (χ1) is 17.6. The zero-order valence-electron chi connectivity index (χ0n) is 19.3. The second kappa shape index (κ2) is 10.6. The molecule has 1 atom stereocenters. The number of ether oxygens (including phenoxy) is 2. The van der Waals surface area contributed by atoms with Crippen molar-refractivity contribution >= 4 is 34.7 Å². The van der Waals surface area contributed by atoms with Crippen molar-refractivity contribution in [3.8, 4) is 22.6 Å². The van der Waals surface area contributed by atoms with Crippen LogP contribution in [-0.4, -0.2) is 30.8 Å². The third-order valence-corrected chi connectivity index (χ3v) is 6.86. The maximum absolute atomic E-state index is 12.6. The van der Waals surface area contributed by atoms with Gasteiger partial charge in [0.15, 0.2) is 6.61 Å². The average molecular weight is 498 g/mol. The van der Waals surface area contributed by atoms with Crippen molar-refractivity contribution in [1.82, 2.24) is 0 Å². The third-order valence-electron chi connectivity index (χ3n) is 5.95. The molecule has 180 valence electrons. The Bertz CT molecular complexity index is 1370. The van der Waals surface area contributed by atoms with Crippen LogP contribution in [-0.2, 0) is 14.3 Å². The molecule has 0 aliphatic carbocycles. The summed E-state index contributed by atoms with van der Waals surface area (Å²) in [6, 6.07) is 28.5. The molecule has 5 rings (SSSR count). The van der Waals surface area contributed by atoms with Crippen LogP contribution in [0, 0.1) is 5.92 Å². The Morgan fingerprint density at radius 3 is 2.39 bits per heavy atom. The standard InChI is InChI=1S/C29H23NO5S/c31-25(27-11-6-16-36-27)19-34-29(33)21-17-28(32)30(18-21)22-12-14-23(15-13-22)35-26-10-5-4-9-24(26)20-7-2-1-3-8-20/h1-16,21H,17-19H2/t21-/m0/s1. The highest BCUT2D eigenvalue weighted by Gasteiger charge is 2.36. The lowest BCUT2D eigenvalue weighted by atomic mass is 10.0. The highest BCUT2D eigenvalue weighted by atomic mass is 32.1. The Morgan fingerprint density at radius 1 is 0.889 bits per heavy atom. The number of benzene rings is 3. The number of hydrogen-bond acceptors (Lipinski definition) is 6. The van der Waals surface area contributed by atoms with Gasteiger partial charge in [-0.15, -0.1) is 11.3 Å². The molecule has 0 N–H and O–H groups in total. The van der Waals surface area contributed by atoms with Crippen molar-refractivity contribution in [3.63, 3.8) is 0 Å². The number of rotatable bonds is 8. The minimum atomic E-state index is -0.609. The number of hydrogen-bond donors (Lipinski definition) is 0. The van der Waals surface area contributed by atoms with E-state index >= 15 is 0 Å². The highest BCUT2D eigenvalue weighted by Crippen LogP contribution is 2.34. The molecule has 1 saturated heterocycles. The van der Waals surface area contributed by atoms with Crippen LogP contribution in [0.15, 0.2) is 96.4 Å². The largest absolute Gasteiger partial charge is 0.457 e. The van der Waals surface area contributed by atoms with Crippen LogP contribution in [0.5, 0.6) is 11.5 Å². The molecule has 2 heterocycles. The number of para-hydroxylation sites is 1. The lowest BCUT2D eigenvalue weighted by molar-refractivity contribution is -0.147. The topological polar surface area (TPSA) is 72.9 Å². The molecule has 1 fully saturated rings. The van der Waals surface area contributed by atoms with Crippen LogP contribution in [0.2, 0.25) is 0 Å². The van der Waals surface area contributed by atoms with Gasteiger partial charge in [-0.25, -0.2) is 0 Å². The number of esters is 1. The van der Waals surface area contributed by atoms with Crippen LogP contribution in [0.25, 0.3) is 11.1 Å². The Morgan fingerprint density at radius 2 is 1.64 bits per heavy atom. The zero-order valence-corrected chi connectivity index (χ0v) is 20.1. The normalized spacial score (nSPS) is 15.1. The molecule has 6 nitrogen and oxygen atoms in total. The molecule has 3 aromatic carbocycles. The number of nitrogens with zero attached hydrogens (tertiary/aromatic N) is 1. The molecule has 1 aliphatic rings. The van der Waals surface area contributed by atoms with Gasteiger partial charge < -0.3 is 14.4 Å². The summed E-state index contributed by atoms with van der Waals surface area (Å²) >= 11 is 1.30. The van der Waals surface area contributed by atoms with Gasteiger partial charge in [0.05, 0.1) is 10.8 Å². The van der Waals surface area contributed by atoms with Crippen LogP contribution in [0.4, 0.5) is 5.69 Å². The van der Waals surface area contributed by atoms with E-state index < -0.39 is 11.9 Å². The highest BCUT2D eigenvalue weighted by molar-refractivity contribution is 7.12. The second-order valence-corrected chi connectivity index (χ2v) is 9.32. The summed E-state index contributed by atoms with van der Waals surface area (Å²) in [5, 5.41) is 1.79. The predicted octanol–water partition coefficient (Wildman–Crippen LogP) is 5.99. The molecule has 0 bridgehead atoms. The molecule has 4 aromatic rings. The van der Waals surface area contributed by atoms with Crippen LogP contribution < -0.4 is 9.64 Å². The average Bonchev–Trinajstić information content (AvgIpc) is 3.59. The van der Waals surface area contributed by atoms with E-state index in [1.807, 2.05) is 54.6 Å². The van der Waals surface area contributed by atoms with Crippen molar-refractivity contribution in [1.29, 1.82) is 0 Å². The summed E-state index contributed by atoms with van der Waals surface area (Å²) in [7, 11) is 0. The predicted molar refractivity (Wildman–Crippen MR) is 138 cm³/mol. The Balaban J connectivity index is 1.22. The second-order valence-electron chi connectivity index (χ2n) is 8.37. The van der Waals surface area contributed by atoms with E-state index in [1.54, 1.807) is 46.7 Å². The molecule has 0 radical (unpaired) electrons. The molecule has 7 heteroatoms. The van der Waals surface area contributed by atoms with Gasteiger partial charge >= 0.3 is 5.97 Å². The van der Waals surface area contributed by atoms with Crippen LogP contribution in [0.3, 0.4) is 0 Å². The summed E-state index contributed by atoms with van der Waals surface area (Å²) in [4.78, 5) is 39.3. The quantitative estimate of drug-likeness (QED) is 0.221. The lowest BCUT2D eigenvalue weighted by Gasteiger charge is -2.17. The van der Waals surface area contributed by atoms with E-state index in [-0.39, 0.29) is 31.3 Å². The first-order valence-electron chi connectivity index (χ1n) is 11.5. The van der Waals surface area contributed by atoms with E-state index in [4.69, 9.17) is 9.47 Å². The molecular formula is C29H23NO5S. The van der Waals surface area contributed by atoms with E-state index in [9.17, 15) is 14.4 Å². The number of amides is 1. The maximum Gasteiger partial charge on any atom is 0.311 e. The van der Waals surface area contributed by atoms with Gasteiger partial charge in [0.2, 0.25) is 11.7 Å². The monoisotopic (exact) mass is 497 g/mol. The molecule has 0 saturated carbocycles. The summed E-state index contributed by atoms with van der Waals surface area (Å²) in [6.07, 6.45) is 0.0503. The van der Waals surface area contributed by atoms with Gasteiger partial charge in [-0.1, -0.05) is 54.6 Å². The third kappa shape index (κ3) is 5.21. The van der Waals surface area contributed by atoms with Gasteiger partial charge in [0.1, 0.15) is 11.5 Å². The van der Waals surface area contributed by atoms with Gasteiger partial charge in [0, 0.05) is 24.2 Å². The number of carbonyl (C=O) groups is 3. The van der Waals surface area contributed by atoms with Crippen molar-refractivity contribution in [2.45, 2.75) is 6.42 Å². The number of anilines is 1. The summed E-state index contributed by atoms with van der Waals surface area (Å²) in [5.41, 5.74) is 2.71. The Labute approximate surface area is 212 Å². The van der Waals surface area contributed by atoms with Gasteiger partial charge in [-0.3, -0.25) is 14.4 Å². The minimum absolute atomic E-state index is 0.0503. The minimum Gasteiger partial charge on any atom is -0.457 e. The molecular weight excluding hydrogens is 474 g/mol. The van der Waals surface area contributed by atoms with E-state index in [1.165, 1.54) is 11.3 Å². The summed E-state index contributed by atoms with van der Waals surface area (Å²) in [5.74, 6) is -0.186. The van der Waals surface area contributed by atoms with E-state index in [0.29, 0.717) is 16.3 Å². The number of ketones is 1. The molecule has 1 aromatic heterocycles. The summed E-state index contributed by atoms with van der Waals surface area (Å²) in [6.45, 7) is -0.109. The molecule has 1 amide bonds. The van der Waals surface area contributed by atoms with E-state index in [2.05, 4.69) is 0 Å². The number of carbonyl (C=O) groups excluding carboxylic acids is 3. The van der Waals surface area contributed by atoms with Crippen LogP contribution >= 0.6 is 11.3 Å². The SMILES string of the molecule is O=C(COC(=O)[C@H]1CC(=O)N(c2ccc(Oc3ccccc3-c3ccccc3)cc2)C1)c1cccs1. The van der Waals surface area contributed by atoms with Gasteiger partial charge in [-0.2, -0.15) is 0 Å². The fraction of sp³-hybridized carbons (Fsp3) is 0.138. The van der Waals surface area contributed by atoms with Crippen molar-refractivity contribution in [3.05, 3.63) is 101 Å². The van der Waals surface area contributed by atoms with Crippen LogP contribution in [0.1, 0.15) is 16.1 Å². The Kier molecular flexibility index (Phi) is 6.91. The lowest BCUT2D eigenvalue weighted by Crippen LogP contribution is -2.27. The molecule has 36 heavy (non-hydrogen) atoms. The number of Topliss-reactive ketones (excluding diaryl/α,β-unsaturated/α-hetero) is 1. The van der Waals surface area contributed by atoms with Gasteiger partial charge in [0.25, 0.3) is 0 Å². The van der Waals surface area contributed by atoms with Crippen molar-refractivity contribution < 1.29 is 23.9 Å². The summed E-state index contributed by atoms with van der Waals surface area (Å²) < 4.78 is 11.3. The Hall–Kier alpha value is -4.23. The van der Waals surface area contributed by atoms with E-state index in [0.717, 1.165) is 16.9 Å². The van der Waals surface area contributed by atoms with Gasteiger partial charge in [-0.05, 0) is 47.3 Å². The maximum atomic E-state index is 12.6.